The Morgan fingerprint density at radius 3 is 2.61 bits per heavy atom. The molecule has 1 aromatic heterocycles. The molecule has 100 valence electrons. The summed E-state index contributed by atoms with van der Waals surface area (Å²) in [4.78, 5) is 16.5. The Morgan fingerprint density at radius 1 is 1.50 bits per heavy atom. The molecule has 0 aliphatic carbocycles. The third-order valence-electron chi connectivity index (χ3n) is 3.21. The van der Waals surface area contributed by atoms with Crippen LogP contribution in [0.15, 0.2) is 17.2 Å². The molecule has 0 radical (unpaired) electrons. The number of rotatable bonds is 2. The molecule has 2 heterocycles. The zero-order chi connectivity index (χ0) is 13.5. The molecule has 2 rings (SSSR count). The van der Waals surface area contributed by atoms with E-state index in [1.165, 1.54) is 12.3 Å². The highest BCUT2D eigenvalue weighted by molar-refractivity contribution is 8.13. The largest absolute Gasteiger partial charge is 0.356 e. The van der Waals surface area contributed by atoms with Gasteiger partial charge in [-0.05, 0) is 25.3 Å². The molecule has 1 N–H and O–H groups in total. The maximum Gasteiger partial charge on any atom is 0.270 e. The third kappa shape index (κ3) is 2.54. The van der Waals surface area contributed by atoms with E-state index in [0.717, 1.165) is 6.42 Å². The van der Waals surface area contributed by atoms with Crippen molar-refractivity contribution in [3.8, 4) is 0 Å². The van der Waals surface area contributed by atoms with Crippen molar-refractivity contribution >= 4 is 25.6 Å². The minimum atomic E-state index is -3.79. The fraction of sp³-hybridized carbons (Fsp3) is 0.545. The molecule has 1 aromatic rings. The summed E-state index contributed by atoms with van der Waals surface area (Å²) in [5, 5.41) is 0. The van der Waals surface area contributed by atoms with Crippen LogP contribution in [0, 0.1) is 5.92 Å². The standard InChI is InChI=1S/C11H15ClN2O3S/c1-7-3-8(2)14(6-7)11(15)10-4-9(5-13-10)18(12,16)17/h4-5,7-8,13H,3,6H2,1-2H3. The van der Waals surface area contributed by atoms with Gasteiger partial charge in [-0.15, -0.1) is 0 Å². The molecule has 0 aromatic carbocycles. The summed E-state index contributed by atoms with van der Waals surface area (Å²) in [5.74, 6) is 0.286. The van der Waals surface area contributed by atoms with Gasteiger partial charge in [0.15, 0.2) is 0 Å². The van der Waals surface area contributed by atoms with Crippen LogP contribution in [0.2, 0.25) is 0 Å². The monoisotopic (exact) mass is 290 g/mol. The molecule has 1 amide bonds. The van der Waals surface area contributed by atoms with Crippen LogP contribution in [0.25, 0.3) is 0 Å². The number of amides is 1. The molecule has 1 saturated heterocycles. The van der Waals surface area contributed by atoms with E-state index in [1.807, 2.05) is 6.92 Å². The summed E-state index contributed by atoms with van der Waals surface area (Å²) in [6.07, 6.45) is 2.20. The van der Waals surface area contributed by atoms with Crippen molar-refractivity contribution in [2.24, 2.45) is 5.92 Å². The molecule has 0 bridgehead atoms. The van der Waals surface area contributed by atoms with E-state index in [0.29, 0.717) is 12.5 Å². The second-order valence-electron chi connectivity index (χ2n) is 4.83. The molecular weight excluding hydrogens is 276 g/mol. The maximum atomic E-state index is 12.2. The van der Waals surface area contributed by atoms with Crippen LogP contribution in [-0.2, 0) is 9.05 Å². The fourth-order valence-corrected chi connectivity index (χ4v) is 3.10. The number of H-pyrrole nitrogens is 1. The number of nitrogens with zero attached hydrogens (tertiary/aromatic N) is 1. The Kier molecular flexibility index (Phi) is 3.42. The van der Waals surface area contributed by atoms with Crippen LogP contribution in [0.5, 0.6) is 0 Å². The minimum Gasteiger partial charge on any atom is -0.356 e. The molecule has 5 nitrogen and oxygen atoms in total. The molecular formula is C11H15ClN2O3S. The predicted molar refractivity (Wildman–Crippen MR) is 68.1 cm³/mol. The number of aromatic amines is 1. The normalized spacial score (nSPS) is 24.5. The summed E-state index contributed by atoms with van der Waals surface area (Å²) >= 11 is 0. The summed E-state index contributed by atoms with van der Waals surface area (Å²) in [7, 11) is 1.42. The minimum absolute atomic E-state index is 0.0765. The van der Waals surface area contributed by atoms with Crippen molar-refractivity contribution < 1.29 is 13.2 Å². The van der Waals surface area contributed by atoms with Gasteiger partial charge in [-0.1, -0.05) is 6.92 Å². The van der Waals surface area contributed by atoms with Crippen molar-refractivity contribution in [2.75, 3.05) is 6.54 Å². The lowest BCUT2D eigenvalue weighted by atomic mass is 10.1. The Bertz CT molecular complexity index is 567. The first-order valence-corrected chi connectivity index (χ1v) is 8.04. The lowest BCUT2D eigenvalue weighted by Crippen LogP contribution is -2.34. The summed E-state index contributed by atoms with van der Waals surface area (Å²) < 4.78 is 22.3. The Hall–Kier alpha value is -1.01. The van der Waals surface area contributed by atoms with E-state index < -0.39 is 9.05 Å². The molecule has 0 spiro atoms. The fourth-order valence-electron chi connectivity index (χ4n) is 2.38. The third-order valence-corrected chi connectivity index (χ3v) is 4.55. The van der Waals surface area contributed by atoms with Crippen molar-refractivity contribution in [3.63, 3.8) is 0 Å². The Morgan fingerprint density at radius 2 is 2.17 bits per heavy atom. The average Bonchev–Trinajstić information content (AvgIpc) is 2.83. The Labute approximate surface area is 111 Å². The van der Waals surface area contributed by atoms with Gasteiger partial charge in [-0.2, -0.15) is 0 Å². The zero-order valence-corrected chi connectivity index (χ0v) is 11.8. The van der Waals surface area contributed by atoms with E-state index in [1.54, 1.807) is 4.90 Å². The lowest BCUT2D eigenvalue weighted by Gasteiger charge is -2.20. The number of carbonyl (C=O) groups is 1. The first-order chi connectivity index (χ1) is 8.29. The first kappa shape index (κ1) is 13.4. The van der Waals surface area contributed by atoms with Gasteiger partial charge in [-0.25, -0.2) is 8.42 Å². The predicted octanol–water partition coefficient (Wildman–Crippen LogP) is 1.81. The van der Waals surface area contributed by atoms with Crippen LogP contribution in [0.1, 0.15) is 30.8 Å². The van der Waals surface area contributed by atoms with E-state index in [9.17, 15) is 13.2 Å². The molecule has 1 aliphatic rings. The second-order valence-corrected chi connectivity index (χ2v) is 7.40. The quantitative estimate of drug-likeness (QED) is 0.845. The van der Waals surface area contributed by atoms with Crippen LogP contribution in [0.3, 0.4) is 0 Å². The molecule has 7 heteroatoms. The first-order valence-electron chi connectivity index (χ1n) is 5.73. The lowest BCUT2D eigenvalue weighted by molar-refractivity contribution is 0.0738. The topological polar surface area (TPSA) is 70.2 Å². The van der Waals surface area contributed by atoms with Crippen molar-refractivity contribution in [3.05, 3.63) is 18.0 Å². The van der Waals surface area contributed by atoms with Crippen molar-refractivity contribution in [1.29, 1.82) is 0 Å². The van der Waals surface area contributed by atoms with Gasteiger partial charge < -0.3 is 9.88 Å². The van der Waals surface area contributed by atoms with Gasteiger partial charge in [-0.3, -0.25) is 4.79 Å². The van der Waals surface area contributed by atoms with Gasteiger partial charge in [0.1, 0.15) is 10.6 Å². The van der Waals surface area contributed by atoms with Gasteiger partial charge in [0.25, 0.3) is 15.0 Å². The summed E-state index contributed by atoms with van der Waals surface area (Å²) in [5.41, 5.74) is 0.259. The van der Waals surface area contributed by atoms with Crippen LogP contribution < -0.4 is 0 Å². The van der Waals surface area contributed by atoms with Gasteiger partial charge in [0.05, 0.1) is 0 Å². The molecule has 18 heavy (non-hydrogen) atoms. The highest BCUT2D eigenvalue weighted by Crippen LogP contribution is 2.25. The second kappa shape index (κ2) is 4.59. The van der Waals surface area contributed by atoms with Gasteiger partial charge in [0, 0.05) is 29.5 Å². The van der Waals surface area contributed by atoms with Gasteiger partial charge in [0.2, 0.25) is 0 Å². The molecule has 1 aliphatic heterocycles. The van der Waals surface area contributed by atoms with Crippen LogP contribution in [-0.4, -0.2) is 36.8 Å². The number of likely N-dealkylation sites (tertiary alicyclic amines) is 1. The number of halogens is 1. The summed E-state index contributed by atoms with van der Waals surface area (Å²) in [6, 6.07) is 1.45. The van der Waals surface area contributed by atoms with E-state index in [-0.39, 0.29) is 22.5 Å². The van der Waals surface area contributed by atoms with Crippen LogP contribution >= 0.6 is 10.7 Å². The number of nitrogens with one attached hydrogen (secondary N) is 1. The highest BCUT2D eigenvalue weighted by Gasteiger charge is 2.31. The van der Waals surface area contributed by atoms with Crippen LogP contribution in [0.4, 0.5) is 0 Å². The van der Waals surface area contributed by atoms with E-state index in [4.69, 9.17) is 10.7 Å². The Balaban J connectivity index is 2.22. The smallest absolute Gasteiger partial charge is 0.270 e. The zero-order valence-electron chi connectivity index (χ0n) is 10.2. The molecule has 2 unspecified atom stereocenters. The summed E-state index contributed by atoms with van der Waals surface area (Å²) in [6.45, 7) is 4.78. The number of aromatic nitrogens is 1. The number of hydrogen-bond acceptors (Lipinski definition) is 3. The average molecular weight is 291 g/mol. The van der Waals surface area contributed by atoms with Crippen molar-refractivity contribution in [1.82, 2.24) is 9.88 Å². The molecule has 0 saturated carbocycles. The SMILES string of the molecule is CC1CC(C)N(C(=O)c2cc(S(=O)(=O)Cl)c[nH]2)C1. The molecule has 1 fully saturated rings. The number of carbonyl (C=O) groups excluding carboxylic acids is 1. The maximum absolute atomic E-state index is 12.2. The van der Waals surface area contributed by atoms with Gasteiger partial charge >= 0.3 is 0 Å². The highest BCUT2D eigenvalue weighted by atomic mass is 35.7. The molecule has 2 atom stereocenters. The number of hydrogen-bond donors (Lipinski definition) is 1. The van der Waals surface area contributed by atoms with Crippen molar-refractivity contribution in [2.45, 2.75) is 31.2 Å². The van der Waals surface area contributed by atoms with E-state index >= 15 is 0 Å². The van der Waals surface area contributed by atoms with E-state index in [2.05, 4.69) is 11.9 Å².